The smallest absolute Gasteiger partial charge is 0.120 e. The third kappa shape index (κ3) is 7.13. The molecule has 4 nitrogen and oxygen atoms in total. The molecule has 0 heterocycles. The molecule has 0 saturated carbocycles. The molecule has 0 amide bonds. The van der Waals surface area contributed by atoms with E-state index in [0.717, 1.165) is 13.0 Å². The van der Waals surface area contributed by atoms with Crippen molar-refractivity contribution in [2.45, 2.75) is 33.3 Å². The Morgan fingerprint density at radius 2 is 2.15 bits per heavy atom. The summed E-state index contributed by atoms with van der Waals surface area (Å²) in [5.41, 5.74) is 0.854. The van der Waals surface area contributed by atoms with Gasteiger partial charge < -0.3 is 15.2 Å². The Kier molecular flexibility index (Phi) is 6.50. The summed E-state index contributed by atoms with van der Waals surface area (Å²) in [7, 11) is 0. The summed E-state index contributed by atoms with van der Waals surface area (Å²) >= 11 is 0. The minimum Gasteiger partial charge on any atom is -0.491 e. The predicted molar refractivity (Wildman–Crippen MR) is 79.6 cm³/mol. The summed E-state index contributed by atoms with van der Waals surface area (Å²) in [5.74, 6) is 0.609. The monoisotopic (exact) mass is 276 g/mol. The van der Waals surface area contributed by atoms with Gasteiger partial charge in [-0.2, -0.15) is 5.26 Å². The molecule has 0 aromatic heterocycles. The molecule has 1 aromatic carbocycles. The average molecular weight is 276 g/mol. The fourth-order valence-corrected chi connectivity index (χ4v) is 1.64. The number of nitriles is 1. The van der Waals surface area contributed by atoms with Crippen molar-refractivity contribution in [1.82, 2.24) is 5.32 Å². The number of aliphatic hydroxyl groups excluding tert-OH is 1. The first-order valence-electron chi connectivity index (χ1n) is 6.92. The highest BCUT2D eigenvalue weighted by Crippen LogP contribution is 2.17. The highest BCUT2D eigenvalue weighted by atomic mass is 16.5. The van der Waals surface area contributed by atoms with Crippen LogP contribution in [0.5, 0.6) is 5.75 Å². The number of nitrogens with one attached hydrogen (secondary N) is 1. The van der Waals surface area contributed by atoms with Gasteiger partial charge >= 0.3 is 0 Å². The molecular formula is C16H24N2O2. The summed E-state index contributed by atoms with van der Waals surface area (Å²) in [6.07, 6.45) is 0.505. The van der Waals surface area contributed by atoms with Crippen LogP contribution in [0.15, 0.2) is 24.3 Å². The van der Waals surface area contributed by atoms with Crippen LogP contribution in [-0.4, -0.2) is 30.9 Å². The largest absolute Gasteiger partial charge is 0.491 e. The molecular weight excluding hydrogens is 252 g/mol. The molecule has 0 radical (unpaired) electrons. The zero-order chi connectivity index (χ0) is 15.0. The maximum Gasteiger partial charge on any atom is 0.120 e. The van der Waals surface area contributed by atoms with Crippen molar-refractivity contribution >= 4 is 0 Å². The molecule has 0 fully saturated rings. The standard InChI is InChI=1S/C16H24N2O2/c1-16(2,3)7-8-18-11-14(19)12-20-15-6-4-5-13(9-15)10-17/h4-6,9,14,18-19H,7-8,11-12H2,1-3H3. The van der Waals surface area contributed by atoms with Gasteiger partial charge in [-0.15, -0.1) is 0 Å². The Bertz CT molecular complexity index is 447. The van der Waals surface area contributed by atoms with Gasteiger partial charge in [0.05, 0.1) is 11.6 Å². The molecule has 20 heavy (non-hydrogen) atoms. The van der Waals surface area contributed by atoms with Crippen molar-refractivity contribution in [3.8, 4) is 11.8 Å². The van der Waals surface area contributed by atoms with Crippen molar-refractivity contribution in [3.05, 3.63) is 29.8 Å². The molecule has 1 atom stereocenters. The van der Waals surface area contributed by atoms with Crippen molar-refractivity contribution < 1.29 is 9.84 Å². The number of aliphatic hydroxyl groups is 1. The van der Waals surface area contributed by atoms with Crippen LogP contribution < -0.4 is 10.1 Å². The van der Waals surface area contributed by atoms with E-state index >= 15 is 0 Å². The third-order valence-electron chi connectivity index (χ3n) is 2.84. The second-order valence-corrected chi connectivity index (χ2v) is 6.12. The van der Waals surface area contributed by atoms with Crippen molar-refractivity contribution in [1.29, 1.82) is 5.26 Å². The average Bonchev–Trinajstić information content (AvgIpc) is 2.40. The lowest BCUT2D eigenvalue weighted by Gasteiger charge is -2.19. The van der Waals surface area contributed by atoms with Crippen LogP contribution in [-0.2, 0) is 0 Å². The van der Waals surface area contributed by atoms with Crippen molar-refractivity contribution in [2.75, 3.05) is 19.7 Å². The van der Waals surface area contributed by atoms with E-state index in [-0.39, 0.29) is 6.61 Å². The van der Waals surface area contributed by atoms with Gasteiger partial charge in [0, 0.05) is 6.54 Å². The van der Waals surface area contributed by atoms with Crippen LogP contribution in [0.3, 0.4) is 0 Å². The van der Waals surface area contributed by atoms with Gasteiger partial charge in [0.1, 0.15) is 18.5 Å². The van der Waals surface area contributed by atoms with Gasteiger partial charge in [-0.25, -0.2) is 0 Å². The van der Waals surface area contributed by atoms with Crippen LogP contribution in [0.1, 0.15) is 32.8 Å². The molecule has 1 unspecified atom stereocenters. The zero-order valence-electron chi connectivity index (χ0n) is 12.5. The van der Waals surface area contributed by atoms with Crippen molar-refractivity contribution in [2.24, 2.45) is 5.41 Å². The Morgan fingerprint density at radius 3 is 2.80 bits per heavy atom. The molecule has 0 spiro atoms. The molecule has 0 saturated heterocycles. The van der Waals surface area contributed by atoms with E-state index in [1.54, 1.807) is 24.3 Å². The first-order chi connectivity index (χ1) is 9.40. The highest BCUT2D eigenvalue weighted by Gasteiger charge is 2.10. The maximum atomic E-state index is 9.81. The summed E-state index contributed by atoms with van der Waals surface area (Å²) < 4.78 is 5.47. The second kappa shape index (κ2) is 7.88. The molecule has 4 heteroatoms. The number of rotatable bonds is 7. The van der Waals surface area contributed by atoms with Gasteiger partial charge in [0.25, 0.3) is 0 Å². The quantitative estimate of drug-likeness (QED) is 0.750. The number of hydrogen-bond acceptors (Lipinski definition) is 4. The fourth-order valence-electron chi connectivity index (χ4n) is 1.64. The van der Waals surface area contributed by atoms with Gasteiger partial charge in [0.15, 0.2) is 0 Å². The lowest BCUT2D eigenvalue weighted by Crippen LogP contribution is -2.33. The van der Waals surface area contributed by atoms with Gasteiger partial charge in [0.2, 0.25) is 0 Å². The number of hydrogen-bond donors (Lipinski definition) is 2. The molecule has 0 aliphatic carbocycles. The van der Waals surface area contributed by atoms with Gasteiger partial charge in [-0.05, 0) is 36.6 Å². The van der Waals surface area contributed by atoms with E-state index in [4.69, 9.17) is 10.00 Å². The highest BCUT2D eigenvalue weighted by molar-refractivity contribution is 5.36. The Balaban J connectivity index is 2.23. The van der Waals surface area contributed by atoms with Crippen LogP contribution in [0.2, 0.25) is 0 Å². The summed E-state index contributed by atoms with van der Waals surface area (Å²) in [5, 5.41) is 21.8. The number of ether oxygens (including phenoxy) is 1. The second-order valence-electron chi connectivity index (χ2n) is 6.12. The van der Waals surface area contributed by atoms with E-state index in [1.807, 2.05) is 0 Å². The third-order valence-corrected chi connectivity index (χ3v) is 2.84. The maximum absolute atomic E-state index is 9.81. The topological polar surface area (TPSA) is 65.3 Å². The van der Waals surface area contributed by atoms with Gasteiger partial charge in [-0.3, -0.25) is 0 Å². The molecule has 1 aromatic rings. The normalized spacial score (nSPS) is 12.8. The summed E-state index contributed by atoms with van der Waals surface area (Å²) in [4.78, 5) is 0. The predicted octanol–water partition coefficient (Wildman–Crippen LogP) is 2.32. The molecule has 110 valence electrons. The SMILES string of the molecule is CC(C)(C)CCNCC(O)COc1cccc(C#N)c1. The minimum absolute atomic E-state index is 0.220. The van der Waals surface area contributed by atoms with E-state index in [0.29, 0.717) is 23.3 Å². The van der Waals surface area contributed by atoms with Crippen LogP contribution in [0.25, 0.3) is 0 Å². The molecule has 0 aliphatic rings. The Morgan fingerprint density at radius 1 is 1.40 bits per heavy atom. The van der Waals surface area contributed by atoms with E-state index in [1.165, 1.54) is 0 Å². The summed E-state index contributed by atoms with van der Waals surface area (Å²) in [6, 6.07) is 8.99. The number of benzene rings is 1. The van der Waals surface area contributed by atoms with Gasteiger partial charge in [-0.1, -0.05) is 26.8 Å². The lowest BCUT2D eigenvalue weighted by atomic mass is 9.92. The Labute approximate surface area is 121 Å². The molecule has 2 N–H and O–H groups in total. The molecule has 0 aliphatic heterocycles. The molecule has 1 rings (SSSR count). The summed E-state index contributed by atoms with van der Waals surface area (Å²) in [6.45, 7) is 8.18. The van der Waals surface area contributed by atoms with E-state index in [9.17, 15) is 5.11 Å². The first-order valence-corrected chi connectivity index (χ1v) is 6.92. The molecule has 0 bridgehead atoms. The fraction of sp³-hybridized carbons (Fsp3) is 0.562. The van der Waals surface area contributed by atoms with Crippen LogP contribution in [0.4, 0.5) is 0 Å². The van der Waals surface area contributed by atoms with E-state index in [2.05, 4.69) is 32.2 Å². The zero-order valence-corrected chi connectivity index (χ0v) is 12.5. The number of nitrogens with zero attached hydrogens (tertiary/aromatic N) is 1. The van der Waals surface area contributed by atoms with Crippen LogP contribution in [0, 0.1) is 16.7 Å². The first kappa shape index (κ1) is 16.5. The van der Waals surface area contributed by atoms with Crippen LogP contribution >= 0.6 is 0 Å². The van der Waals surface area contributed by atoms with E-state index < -0.39 is 6.10 Å². The van der Waals surface area contributed by atoms with Crippen molar-refractivity contribution in [3.63, 3.8) is 0 Å². The lowest BCUT2D eigenvalue weighted by molar-refractivity contribution is 0.106. The Hall–Kier alpha value is -1.57. The minimum atomic E-state index is -0.555.